The molecule has 0 unspecified atom stereocenters. The Hall–Kier alpha value is -3.45. The number of amides is 1. The van der Waals surface area contributed by atoms with E-state index in [1.165, 1.54) is 16.4 Å². The third kappa shape index (κ3) is 4.60. The fourth-order valence-corrected chi connectivity index (χ4v) is 6.55. The van der Waals surface area contributed by atoms with Gasteiger partial charge in [0, 0.05) is 36.7 Å². The molecule has 35 heavy (non-hydrogen) atoms. The molecule has 1 fully saturated rings. The first-order chi connectivity index (χ1) is 16.9. The Balaban J connectivity index is 1.26. The Bertz CT molecular complexity index is 1330. The van der Waals surface area contributed by atoms with Crippen LogP contribution >= 0.6 is 0 Å². The molecule has 0 aromatic heterocycles. The first-order valence-electron chi connectivity index (χ1n) is 12.0. The first-order valence-corrected chi connectivity index (χ1v) is 13.5. The number of piperidine rings is 1. The Morgan fingerprint density at radius 1 is 0.743 bits per heavy atom. The summed E-state index contributed by atoms with van der Waals surface area (Å²) in [5, 5.41) is 0. The summed E-state index contributed by atoms with van der Waals surface area (Å²) in [4.78, 5) is 27.7. The molecule has 7 heteroatoms. The number of rotatable bonds is 5. The Labute approximate surface area is 206 Å². The van der Waals surface area contributed by atoms with Crippen LogP contribution < -0.4 is 4.31 Å². The number of fused-ring (bicyclic) bond motifs is 1. The number of likely N-dealkylation sites (tertiary alicyclic amines) is 1. The van der Waals surface area contributed by atoms with Crippen LogP contribution in [-0.2, 0) is 16.4 Å². The summed E-state index contributed by atoms with van der Waals surface area (Å²) in [7, 11) is -3.72. The normalized spacial score (nSPS) is 16.6. The lowest BCUT2D eigenvalue weighted by Crippen LogP contribution is -2.40. The van der Waals surface area contributed by atoms with Gasteiger partial charge in [-0.1, -0.05) is 48.5 Å². The highest BCUT2D eigenvalue weighted by Crippen LogP contribution is 2.32. The van der Waals surface area contributed by atoms with Crippen LogP contribution in [0, 0.1) is 5.92 Å². The Morgan fingerprint density at radius 3 is 2.11 bits per heavy atom. The Kier molecular flexibility index (Phi) is 6.43. The molecule has 0 radical (unpaired) electrons. The average Bonchev–Trinajstić information content (AvgIpc) is 2.92. The quantitative estimate of drug-likeness (QED) is 0.494. The molecule has 1 amide bonds. The number of hydrogen-bond donors (Lipinski definition) is 0. The molecule has 2 aliphatic heterocycles. The minimum atomic E-state index is -3.72. The second-order valence-corrected chi connectivity index (χ2v) is 11.0. The average molecular weight is 489 g/mol. The van der Waals surface area contributed by atoms with Crippen LogP contribution in [0.15, 0.2) is 83.8 Å². The molecule has 0 spiro atoms. The van der Waals surface area contributed by atoms with Crippen molar-refractivity contribution in [2.24, 2.45) is 5.92 Å². The number of anilines is 1. The number of ketones is 1. The lowest BCUT2D eigenvalue weighted by molar-refractivity contribution is 0.0650. The van der Waals surface area contributed by atoms with Gasteiger partial charge in [-0.15, -0.1) is 0 Å². The Morgan fingerprint density at radius 2 is 1.40 bits per heavy atom. The fraction of sp³-hybridized carbons (Fsp3) is 0.286. The molecule has 1 saturated heterocycles. The molecule has 0 atom stereocenters. The third-order valence-corrected chi connectivity index (χ3v) is 8.80. The van der Waals surface area contributed by atoms with E-state index in [2.05, 4.69) is 0 Å². The van der Waals surface area contributed by atoms with Crippen LogP contribution in [0.3, 0.4) is 0 Å². The molecule has 6 nitrogen and oxygen atoms in total. The highest BCUT2D eigenvalue weighted by atomic mass is 32.2. The molecule has 180 valence electrons. The zero-order chi connectivity index (χ0) is 24.4. The summed E-state index contributed by atoms with van der Waals surface area (Å²) in [5.74, 6) is -0.0872. The van der Waals surface area contributed by atoms with Gasteiger partial charge in [0.1, 0.15) is 0 Å². The van der Waals surface area contributed by atoms with Crippen LogP contribution in [0.25, 0.3) is 0 Å². The number of nitrogens with zero attached hydrogens (tertiary/aromatic N) is 2. The largest absolute Gasteiger partial charge is 0.339 e. The van der Waals surface area contributed by atoms with Crippen molar-refractivity contribution in [2.75, 3.05) is 23.9 Å². The van der Waals surface area contributed by atoms with Gasteiger partial charge in [0.15, 0.2) is 5.78 Å². The van der Waals surface area contributed by atoms with Crippen molar-refractivity contribution in [3.63, 3.8) is 0 Å². The van der Waals surface area contributed by atoms with Crippen LogP contribution in [0.4, 0.5) is 5.69 Å². The maximum Gasteiger partial charge on any atom is 0.264 e. The smallest absolute Gasteiger partial charge is 0.264 e. The van der Waals surface area contributed by atoms with E-state index in [0.717, 1.165) is 24.1 Å². The highest BCUT2D eigenvalue weighted by molar-refractivity contribution is 7.92. The van der Waals surface area contributed by atoms with Crippen molar-refractivity contribution in [2.45, 2.75) is 30.6 Å². The van der Waals surface area contributed by atoms with Crippen molar-refractivity contribution in [3.05, 3.63) is 95.6 Å². The van der Waals surface area contributed by atoms with E-state index in [4.69, 9.17) is 0 Å². The fourth-order valence-electron chi connectivity index (χ4n) is 5.01. The molecular formula is C28H28N2O4S. The van der Waals surface area contributed by atoms with Gasteiger partial charge in [0.25, 0.3) is 15.9 Å². The van der Waals surface area contributed by atoms with Gasteiger partial charge in [-0.2, -0.15) is 0 Å². The molecule has 3 aromatic carbocycles. The molecule has 0 N–H and O–H groups in total. The van der Waals surface area contributed by atoms with Gasteiger partial charge in [-0.25, -0.2) is 8.42 Å². The van der Waals surface area contributed by atoms with E-state index in [0.29, 0.717) is 43.6 Å². The van der Waals surface area contributed by atoms with E-state index in [1.807, 2.05) is 54.6 Å². The van der Waals surface area contributed by atoms with E-state index >= 15 is 0 Å². The number of carbonyl (C=O) groups excluding carboxylic acids is 2. The maximum atomic E-state index is 13.3. The van der Waals surface area contributed by atoms with Gasteiger partial charge >= 0.3 is 0 Å². The van der Waals surface area contributed by atoms with Crippen LogP contribution in [0.1, 0.15) is 45.5 Å². The predicted octanol–water partition coefficient (Wildman–Crippen LogP) is 4.56. The minimum absolute atomic E-state index is 0.0820. The monoisotopic (exact) mass is 488 g/mol. The van der Waals surface area contributed by atoms with Crippen molar-refractivity contribution in [3.8, 4) is 0 Å². The third-order valence-electron chi connectivity index (χ3n) is 6.97. The second kappa shape index (κ2) is 9.66. The van der Waals surface area contributed by atoms with E-state index in [-0.39, 0.29) is 22.5 Å². The number of carbonyl (C=O) groups is 2. The van der Waals surface area contributed by atoms with Crippen molar-refractivity contribution in [1.29, 1.82) is 0 Å². The van der Waals surface area contributed by atoms with E-state index in [1.54, 1.807) is 17.0 Å². The van der Waals surface area contributed by atoms with Crippen LogP contribution in [-0.4, -0.2) is 44.6 Å². The molecule has 5 rings (SSSR count). The molecule has 0 saturated carbocycles. The number of hydrogen-bond acceptors (Lipinski definition) is 4. The van der Waals surface area contributed by atoms with E-state index in [9.17, 15) is 18.0 Å². The number of benzene rings is 3. The molecule has 0 aliphatic carbocycles. The maximum absolute atomic E-state index is 13.3. The predicted molar refractivity (Wildman–Crippen MR) is 135 cm³/mol. The highest BCUT2D eigenvalue weighted by Gasteiger charge is 2.30. The molecule has 0 bridgehead atoms. The minimum Gasteiger partial charge on any atom is -0.339 e. The second-order valence-electron chi connectivity index (χ2n) is 9.13. The number of Topliss-reactive ketones (excluding diaryl/α,β-unsaturated/α-hetero) is 1. The van der Waals surface area contributed by atoms with Crippen molar-refractivity contribution in [1.82, 2.24) is 4.90 Å². The number of sulfonamides is 1. The number of aryl methyl sites for hydroxylation is 1. The number of para-hydroxylation sites is 1. The van der Waals surface area contributed by atoms with Gasteiger partial charge in [-0.05, 0) is 61.6 Å². The topological polar surface area (TPSA) is 74.8 Å². The van der Waals surface area contributed by atoms with Crippen molar-refractivity contribution < 1.29 is 18.0 Å². The van der Waals surface area contributed by atoms with E-state index < -0.39 is 10.0 Å². The van der Waals surface area contributed by atoms with Gasteiger partial charge in [0.2, 0.25) is 0 Å². The summed E-state index contributed by atoms with van der Waals surface area (Å²) in [6.07, 6.45) is 2.89. The van der Waals surface area contributed by atoms with Gasteiger partial charge in [-0.3, -0.25) is 13.9 Å². The SMILES string of the molecule is O=C(c1ccccc1)C1CCN(C(=O)c2ccc(S(=O)(=O)N3CCCc4ccccc43)cc2)CC1. The summed E-state index contributed by atoms with van der Waals surface area (Å²) in [6.45, 7) is 1.45. The summed E-state index contributed by atoms with van der Waals surface area (Å²) >= 11 is 0. The lowest BCUT2D eigenvalue weighted by Gasteiger charge is -2.32. The van der Waals surface area contributed by atoms with Crippen LogP contribution in [0.5, 0.6) is 0 Å². The van der Waals surface area contributed by atoms with Gasteiger partial charge in [0.05, 0.1) is 10.6 Å². The summed E-state index contributed by atoms with van der Waals surface area (Å²) in [5.41, 5.74) is 2.93. The van der Waals surface area contributed by atoms with Crippen molar-refractivity contribution >= 4 is 27.4 Å². The zero-order valence-corrected chi connectivity index (χ0v) is 20.3. The zero-order valence-electron chi connectivity index (χ0n) is 19.5. The summed E-state index contributed by atoms with van der Waals surface area (Å²) in [6, 6.07) is 23.1. The summed E-state index contributed by atoms with van der Waals surface area (Å²) < 4.78 is 28.2. The first kappa shape index (κ1) is 23.3. The lowest BCUT2D eigenvalue weighted by atomic mass is 9.88. The molecule has 2 heterocycles. The van der Waals surface area contributed by atoms with Gasteiger partial charge < -0.3 is 4.90 Å². The molecular weight excluding hydrogens is 460 g/mol. The standard InChI is InChI=1S/C28H28N2O4S/c31-27(22-8-2-1-3-9-22)23-16-19-29(20-17-23)28(32)24-12-14-25(15-13-24)35(33,34)30-18-6-10-21-7-4-5-11-26(21)30/h1-5,7-9,11-15,23H,6,10,16-20H2. The van der Waals surface area contributed by atoms with Crippen LogP contribution in [0.2, 0.25) is 0 Å². The molecule has 2 aliphatic rings. The molecule has 3 aromatic rings.